The lowest BCUT2D eigenvalue weighted by atomic mass is 9.60. The predicted octanol–water partition coefficient (Wildman–Crippen LogP) is 3.89. The van der Waals surface area contributed by atoms with Crippen LogP contribution in [0.2, 0.25) is 0 Å². The molecule has 0 aromatic carbocycles. The number of carbonyl (C=O) groups excluding carboxylic acids is 2. The van der Waals surface area contributed by atoms with Gasteiger partial charge >= 0.3 is 6.16 Å². The Kier molecular flexibility index (Phi) is 9.61. The van der Waals surface area contributed by atoms with Gasteiger partial charge < -0.3 is 28.4 Å². The molecule has 2 atom stereocenters. The number of rotatable bonds is 12. The maximum absolute atomic E-state index is 11.0. The Balaban J connectivity index is 1.35. The fourth-order valence-corrected chi connectivity index (χ4v) is 5.55. The first-order valence-electron chi connectivity index (χ1n) is 12.1. The minimum absolute atomic E-state index is 0.208. The topological polar surface area (TPSA) is 89.5 Å². The van der Waals surface area contributed by atoms with E-state index >= 15 is 0 Å². The number of ether oxygens (including phenoxy) is 6. The zero-order valence-corrected chi connectivity index (χ0v) is 19.8. The van der Waals surface area contributed by atoms with Crippen LogP contribution in [0.1, 0.15) is 65.2 Å². The zero-order chi connectivity index (χ0) is 23.0. The molecule has 3 fully saturated rings. The Morgan fingerprint density at radius 1 is 0.969 bits per heavy atom. The van der Waals surface area contributed by atoms with E-state index in [4.69, 9.17) is 28.4 Å². The van der Waals surface area contributed by atoms with Gasteiger partial charge in [-0.1, -0.05) is 13.8 Å². The van der Waals surface area contributed by atoms with Crippen LogP contribution >= 0.6 is 0 Å². The van der Waals surface area contributed by atoms with Gasteiger partial charge in [0.2, 0.25) is 0 Å². The molecule has 184 valence electrons. The summed E-state index contributed by atoms with van der Waals surface area (Å²) in [5.41, 5.74) is 0.303. The molecule has 1 aliphatic heterocycles. The number of hydrogen-bond acceptors (Lipinski definition) is 8. The largest absolute Gasteiger partial charge is 0.508 e. The number of methoxy groups -OCH3 is 1. The van der Waals surface area contributed by atoms with Gasteiger partial charge in [0.1, 0.15) is 19.3 Å². The van der Waals surface area contributed by atoms with Crippen molar-refractivity contribution in [2.75, 3.05) is 33.5 Å². The van der Waals surface area contributed by atoms with Crippen LogP contribution in [0.4, 0.5) is 4.79 Å². The average molecular weight is 457 g/mol. The summed E-state index contributed by atoms with van der Waals surface area (Å²) < 4.78 is 32.0. The molecule has 0 bridgehead atoms. The van der Waals surface area contributed by atoms with Crippen molar-refractivity contribution in [3.63, 3.8) is 0 Å². The van der Waals surface area contributed by atoms with Gasteiger partial charge in [-0.05, 0) is 68.6 Å². The van der Waals surface area contributed by atoms with Crippen LogP contribution in [0, 0.1) is 17.3 Å². The van der Waals surface area contributed by atoms with E-state index in [1.807, 2.05) is 0 Å². The Bertz CT molecular complexity index is 579. The smallest absolute Gasteiger partial charge is 0.465 e. The standard InChI is InChI=1S/C24H40O8/c1-24(2,17-4-8-19(9-5-17)29-13-21(27-3)12-28-16-25)18-6-10-20(11-7-18)30-14-22-15-31-23(26)32-22/h16-22H,4-15H2,1-3H3. The van der Waals surface area contributed by atoms with Crippen LogP contribution < -0.4 is 0 Å². The third-order valence-electron chi connectivity index (χ3n) is 7.82. The molecule has 8 heteroatoms. The highest BCUT2D eigenvalue weighted by Gasteiger charge is 2.41. The van der Waals surface area contributed by atoms with Crippen LogP contribution in [0.25, 0.3) is 0 Å². The third kappa shape index (κ3) is 7.06. The van der Waals surface area contributed by atoms with Crippen LogP contribution in [0.3, 0.4) is 0 Å². The minimum Gasteiger partial charge on any atom is -0.465 e. The second-order valence-corrected chi connectivity index (χ2v) is 10.0. The monoisotopic (exact) mass is 456 g/mol. The van der Waals surface area contributed by atoms with Crippen molar-refractivity contribution in [1.29, 1.82) is 0 Å². The lowest BCUT2D eigenvalue weighted by molar-refractivity contribution is -0.135. The first-order chi connectivity index (χ1) is 15.4. The molecule has 0 amide bonds. The number of carbonyl (C=O) groups is 2. The zero-order valence-electron chi connectivity index (χ0n) is 19.8. The molecule has 8 nitrogen and oxygen atoms in total. The van der Waals surface area contributed by atoms with Crippen molar-refractivity contribution >= 4 is 12.6 Å². The van der Waals surface area contributed by atoms with Crippen LogP contribution in [-0.2, 0) is 33.2 Å². The maximum atomic E-state index is 11.0. The molecule has 2 saturated carbocycles. The highest BCUT2D eigenvalue weighted by atomic mass is 16.8. The summed E-state index contributed by atoms with van der Waals surface area (Å²) in [5.74, 6) is 1.41. The van der Waals surface area contributed by atoms with Crippen molar-refractivity contribution in [3.8, 4) is 0 Å². The van der Waals surface area contributed by atoms with E-state index in [1.165, 1.54) is 25.7 Å². The first kappa shape index (κ1) is 25.2. The van der Waals surface area contributed by atoms with E-state index in [-0.39, 0.29) is 31.0 Å². The van der Waals surface area contributed by atoms with Crippen molar-refractivity contribution in [1.82, 2.24) is 0 Å². The van der Waals surface area contributed by atoms with Crippen molar-refractivity contribution in [3.05, 3.63) is 0 Å². The van der Waals surface area contributed by atoms with E-state index in [1.54, 1.807) is 7.11 Å². The SMILES string of the molecule is COC(COC=O)COC1CCC(C(C)(C)C2CCC(OCC3COC(=O)O3)CC2)CC1. The summed E-state index contributed by atoms with van der Waals surface area (Å²) in [4.78, 5) is 21.4. The molecule has 2 unspecified atom stereocenters. The number of hydrogen-bond donors (Lipinski definition) is 0. The maximum Gasteiger partial charge on any atom is 0.508 e. The summed E-state index contributed by atoms with van der Waals surface area (Å²) >= 11 is 0. The quantitative estimate of drug-likeness (QED) is 0.323. The summed E-state index contributed by atoms with van der Waals surface area (Å²) in [7, 11) is 1.61. The lowest BCUT2D eigenvalue weighted by Crippen LogP contribution is -2.39. The third-order valence-corrected chi connectivity index (χ3v) is 7.82. The molecule has 1 heterocycles. The first-order valence-corrected chi connectivity index (χ1v) is 12.1. The van der Waals surface area contributed by atoms with Gasteiger partial charge in [0.05, 0.1) is 25.4 Å². The van der Waals surface area contributed by atoms with E-state index in [9.17, 15) is 9.59 Å². The highest BCUT2D eigenvalue weighted by molar-refractivity contribution is 5.61. The van der Waals surface area contributed by atoms with E-state index in [0.717, 1.165) is 25.7 Å². The van der Waals surface area contributed by atoms with Crippen molar-refractivity contribution < 1.29 is 38.0 Å². The van der Waals surface area contributed by atoms with E-state index < -0.39 is 6.16 Å². The predicted molar refractivity (Wildman–Crippen MR) is 116 cm³/mol. The molecule has 32 heavy (non-hydrogen) atoms. The molecule has 0 aromatic heterocycles. The van der Waals surface area contributed by atoms with Gasteiger partial charge in [-0.25, -0.2) is 4.79 Å². The Morgan fingerprint density at radius 2 is 1.56 bits per heavy atom. The number of cyclic esters (lactones) is 2. The van der Waals surface area contributed by atoms with E-state index in [2.05, 4.69) is 13.8 Å². The molecule has 0 N–H and O–H groups in total. The molecule has 0 spiro atoms. The molecule has 0 radical (unpaired) electrons. The summed E-state index contributed by atoms with van der Waals surface area (Å²) in [6.45, 7) is 6.75. The van der Waals surface area contributed by atoms with Gasteiger partial charge in [-0.3, -0.25) is 4.79 Å². The van der Waals surface area contributed by atoms with Crippen LogP contribution in [0.15, 0.2) is 0 Å². The summed E-state index contributed by atoms with van der Waals surface area (Å²) in [5, 5.41) is 0. The molecule has 3 rings (SSSR count). The lowest BCUT2D eigenvalue weighted by Gasteiger charge is -2.46. The average Bonchev–Trinajstić information content (AvgIpc) is 3.23. The highest BCUT2D eigenvalue weighted by Crippen LogP contribution is 2.48. The fourth-order valence-electron chi connectivity index (χ4n) is 5.55. The van der Waals surface area contributed by atoms with Gasteiger partial charge in [0.15, 0.2) is 6.10 Å². The molecular formula is C24H40O8. The molecule has 2 aliphatic carbocycles. The molecule has 1 saturated heterocycles. The van der Waals surface area contributed by atoms with Gasteiger partial charge in [-0.15, -0.1) is 0 Å². The second kappa shape index (κ2) is 12.2. The van der Waals surface area contributed by atoms with Crippen molar-refractivity contribution in [2.24, 2.45) is 17.3 Å². The van der Waals surface area contributed by atoms with Gasteiger partial charge in [-0.2, -0.15) is 0 Å². The molecule has 3 aliphatic rings. The van der Waals surface area contributed by atoms with Gasteiger partial charge in [0.25, 0.3) is 6.47 Å². The minimum atomic E-state index is -0.588. The fraction of sp³-hybridized carbons (Fsp3) is 0.917. The van der Waals surface area contributed by atoms with Crippen LogP contribution in [-0.4, -0.2) is 70.6 Å². The second-order valence-electron chi connectivity index (χ2n) is 10.0. The van der Waals surface area contributed by atoms with E-state index in [0.29, 0.717) is 43.5 Å². The Morgan fingerprint density at radius 3 is 2.06 bits per heavy atom. The molecular weight excluding hydrogens is 416 g/mol. The molecule has 0 aromatic rings. The van der Waals surface area contributed by atoms with Gasteiger partial charge in [0, 0.05) is 7.11 Å². The Hall–Kier alpha value is -1.38. The normalized spacial score (nSPS) is 32.1. The summed E-state index contributed by atoms with van der Waals surface area (Å²) in [6.07, 6.45) is 8.46. The Labute approximate surface area is 191 Å². The van der Waals surface area contributed by atoms with Crippen molar-refractivity contribution in [2.45, 2.75) is 89.6 Å². The summed E-state index contributed by atoms with van der Waals surface area (Å²) in [6, 6.07) is 0. The van der Waals surface area contributed by atoms with Crippen LogP contribution in [0.5, 0.6) is 0 Å².